The van der Waals surface area contributed by atoms with Gasteiger partial charge in [-0.1, -0.05) is 0 Å². The first-order chi connectivity index (χ1) is 9.15. The number of hydrogen-bond acceptors (Lipinski definition) is 8. The molecule has 0 spiro atoms. The fourth-order valence-corrected chi connectivity index (χ4v) is 1.26. The quantitative estimate of drug-likeness (QED) is 0.716. The first-order valence-corrected chi connectivity index (χ1v) is 5.76. The summed E-state index contributed by atoms with van der Waals surface area (Å²) in [6, 6.07) is 0.130. The van der Waals surface area contributed by atoms with E-state index >= 15 is 0 Å². The van der Waals surface area contributed by atoms with Crippen molar-refractivity contribution >= 4 is 5.95 Å². The highest BCUT2D eigenvalue weighted by Crippen LogP contribution is 2.07. The van der Waals surface area contributed by atoms with Crippen molar-refractivity contribution in [3.05, 3.63) is 12.7 Å². The molecule has 9 heteroatoms. The van der Waals surface area contributed by atoms with Crippen molar-refractivity contribution in [3.63, 3.8) is 0 Å². The molecule has 0 bridgehead atoms. The monoisotopic (exact) mass is 265 g/mol. The fraction of sp³-hybridized carbons (Fsp3) is 0.500. The number of nitrogens with two attached hydrogens (primary N) is 1. The summed E-state index contributed by atoms with van der Waals surface area (Å²) >= 11 is 0. The maximum absolute atomic E-state index is 5.58. The van der Waals surface area contributed by atoms with Gasteiger partial charge in [0.1, 0.15) is 19.3 Å². The van der Waals surface area contributed by atoms with Gasteiger partial charge in [-0.25, -0.2) is 4.98 Å². The van der Waals surface area contributed by atoms with Crippen LogP contribution in [-0.4, -0.2) is 49.0 Å². The van der Waals surface area contributed by atoms with E-state index in [1.807, 2.05) is 13.8 Å². The Morgan fingerprint density at radius 1 is 1.26 bits per heavy atom. The molecule has 2 rings (SSSR count). The van der Waals surface area contributed by atoms with Gasteiger partial charge in [0.15, 0.2) is 0 Å². The number of hydrogen-bond donors (Lipinski definition) is 1. The van der Waals surface area contributed by atoms with E-state index in [0.29, 0.717) is 13.2 Å². The van der Waals surface area contributed by atoms with Gasteiger partial charge in [0.2, 0.25) is 5.95 Å². The smallest absolute Gasteiger partial charge is 0.323 e. The van der Waals surface area contributed by atoms with Gasteiger partial charge in [-0.3, -0.25) is 0 Å². The van der Waals surface area contributed by atoms with Crippen molar-refractivity contribution in [1.82, 2.24) is 29.7 Å². The summed E-state index contributed by atoms with van der Waals surface area (Å²) in [7, 11) is 0. The van der Waals surface area contributed by atoms with Crippen LogP contribution in [0.2, 0.25) is 0 Å². The molecular formula is C10H15N7O2. The highest BCUT2D eigenvalue weighted by atomic mass is 16.5. The summed E-state index contributed by atoms with van der Waals surface area (Å²) in [5.74, 6) is 0.310. The molecule has 0 atom stereocenters. The average Bonchev–Trinajstić information content (AvgIpc) is 2.87. The average molecular weight is 265 g/mol. The Labute approximate surface area is 109 Å². The maximum Gasteiger partial charge on any atom is 0.323 e. The number of rotatable bonds is 6. The zero-order chi connectivity index (χ0) is 13.7. The molecule has 9 nitrogen and oxygen atoms in total. The molecule has 102 valence electrons. The third-order valence-corrected chi connectivity index (χ3v) is 2.01. The van der Waals surface area contributed by atoms with Crippen molar-refractivity contribution in [2.75, 3.05) is 18.9 Å². The molecule has 2 N–H and O–H groups in total. The van der Waals surface area contributed by atoms with Gasteiger partial charge in [0, 0.05) is 0 Å². The summed E-state index contributed by atoms with van der Waals surface area (Å²) in [6.45, 7) is 4.67. The van der Waals surface area contributed by atoms with Crippen LogP contribution in [0.15, 0.2) is 12.7 Å². The number of nitrogen functional groups attached to an aromatic ring is 1. The number of aromatic nitrogens is 6. The van der Waals surface area contributed by atoms with E-state index in [1.54, 1.807) is 0 Å². The molecule has 0 saturated carbocycles. The number of ether oxygens (including phenoxy) is 2. The molecule has 19 heavy (non-hydrogen) atoms. The standard InChI is InChI=1S/C10H15N7O2/c1-7(2)18-3-4-19-10-15-8(11)14-9(16-10)17-6-12-5-13-17/h5-7H,3-4H2,1-2H3,(H2,11,14,15,16). The predicted octanol–water partition coefficient (Wildman–Crippen LogP) is -0.162. The van der Waals surface area contributed by atoms with Crippen molar-refractivity contribution in [1.29, 1.82) is 0 Å². The molecule has 0 amide bonds. The van der Waals surface area contributed by atoms with Gasteiger partial charge in [-0.15, -0.1) is 0 Å². The van der Waals surface area contributed by atoms with Crippen molar-refractivity contribution in [3.8, 4) is 12.0 Å². The first kappa shape index (κ1) is 13.1. The van der Waals surface area contributed by atoms with Crippen LogP contribution >= 0.6 is 0 Å². The lowest BCUT2D eigenvalue weighted by molar-refractivity contribution is 0.0531. The third kappa shape index (κ3) is 3.85. The summed E-state index contributed by atoms with van der Waals surface area (Å²) in [5.41, 5.74) is 5.58. The second kappa shape index (κ2) is 6.05. The normalized spacial score (nSPS) is 10.9. The van der Waals surface area contributed by atoms with Crippen molar-refractivity contribution in [2.24, 2.45) is 0 Å². The third-order valence-electron chi connectivity index (χ3n) is 2.01. The van der Waals surface area contributed by atoms with Crippen LogP contribution in [0.3, 0.4) is 0 Å². The highest BCUT2D eigenvalue weighted by molar-refractivity contribution is 5.23. The zero-order valence-electron chi connectivity index (χ0n) is 10.7. The summed E-state index contributed by atoms with van der Waals surface area (Å²) in [6.07, 6.45) is 2.98. The summed E-state index contributed by atoms with van der Waals surface area (Å²) in [4.78, 5) is 15.7. The Bertz CT molecular complexity index is 515. The van der Waals surface area contributed by atoms with E-state index in [-0.39, 0.29) is 24.0 Å². The van der Waals surface area contributed by atoms with Gasteiger partial charge in [-0.2, -0.15) is 24.7 Å². The molecule has 0 unspecified atom stereocenters. The van der Waals surface area contributed by atoms with E-state index in [1.165, 1.54) is 17.3 Å². The van der Waals surface area contributed by atoms with Crippen LogP contribution in [0.5, 0.6) is 6.01 Å². The molecule has 0 aliphatic carbocycles. The van der Waals surface area contributed by atoms with Crippen molar-refractivity contribution < 1.29 is 9.47 Å². The largest absolute Gasteiger partial charge is 0.461 e. The lowest BCUT2D eigenvalue weighted by Crippen LogP contribution is -2.14. The summed E-state index contributed by atoms with van der Waals surface area (Å²) < 4.78 is 12.1. The molecule has 0 aromatic carbocycles. The molecule has 2 aromatic heterocycles. The van der Waals surface area contributed by atoms with Gasteiger partial charge < -0.3 is 15.2 Å². The van der Waals surface area contributed by atoms with Gasteiger partial charge in [0.25, 0.3) is 5.95 Å². The van der Waals surface area contributed by atoms with E-state index < -0.39 is 0 Å². The second-order valence-electron chi connectivity index (χ2n) is 3.88. The first-order valence-electron chi connectivity index (χ1n) is 5.76. The van der Waals surface area contributed by atoms with Crippen LogP contribution in [0.25, 0.3) is 5.95 Å². The van der Waals surface area contributed by atoms with E-state index in [9.17, 15) is 0 Å². The van der Waals surface area contributed by atoms with E-state index in [4.69, 9.17) is 15.2 Å². The van der Waals surface area contributed by atoms with Crippen molar-refractivity contribution in [2.45, 2.75) is 20.0 Å². The fourth-order valence-electron chi connectivity index (χ4n) is 1.26. The van der Waals surface area contributed by atoms with Crippen LogP contribution < -0.4 is 10.5 Å². The number of anilines is 1. The van der Waals surface area contributed by atoms with Gasteiger partial charge >= 0.3 is 6.01 Å². The SMILES string of the molecule is CC(C)OCCOc1nc(N)nc(-n2cncn2)n1. The van der Waals surface area contributed by atoms with Gasteiger partial charge in [-0.05, 0) is 13.8 Å². The maximum atomic E-state index is 5.58. The Morgan fingerprint density at radius 2 is 2.11 bits per heavy atom. The Balaban J connectivity index is 2.01. The number of nitrogens with zero attached hydrogens (tertiary/aromatic N) is 6. The minimum Gasteiger partial charge on any atom is -0.461 e. The molecule has 2 aromatic rings. The van der Waals surface area contributed by atoms with E-state index in [0.717, 1.165) is 0 Å². The predicted molar refractivity (Wildman–Crippen MR) is 65.7 cm³/mol. The molecule has 0 radical (unpaired) electrons. The topological polar surface area (TPSA) is 114 Å². The van der Waals surface area contributed by atoms with Crippen LogP contribution in [0.1, 0.15) is 13.8 Å². The lowest BCUT2D eigenvalue weighted by Gasteiger charge is -2.08. The molecule has 0 saturated heterocycles. The Morgan fingerprint density at radius 3 is 2.79 bits per heavy atom. The zero-order valence-corrected chi connectivity index (χ0v) is 10.7. The van der Waals surface area contributed by atoms with Crippen LogP contribution in [0.4, 0.5) is 5.95 Å². The van der Waals surface area contributed by atoms with Crippen LogP contribution in [-0.2, 0) is 4.74 Å². The summed E-state index contributed by atoms with van der Waals surface area (Å²) in [5, 5.41) is 3.91. The molecule has 0 aliphatic rings. The Hall–Kier alpha value is -2.29. The minimum absolute atomic E-state index is 0.0558. The molecular weight excluding hydrogens is 250 g/mol. The molecule has 0 aliphatic heterocycles. The minimum atomic E-state index is 0.0558. The van der Waals surface area contributed by atoms with E-state index in [2.05, 4.69) is 25.0 Å². The molecule has 0 fully saturated rings. The Kier molecular flexibility index (Phi) is 4.18. The van der Waals surface area contributed by atoms with Crippen LogP contribution in [0, 0.1) is 0 Å². The second-order valence-corrected chi connectivity index (χ2v) is 3.88. The lowest BCUT2D eigenvalue weighted by atomic mass is 10.5. The molecule has 2 heterocycles. The highest BCUT2D eigenvalue weighted by Gasteiger charge is 2.08. The van der Waals surface area contributed by atoms with Gasteiger partial charge in [0.05, 0.1) is 12.7 Å².